The van der Waals surface area contributed by atoms with Crippen molar-refractivity contribution in [3.63, 3.8) is 0 Å². The smallest absolute Gasteiger partial charge is 0.0704 e. The minimum atomic E-state index is 0. The topological polar surface area (TPSA) is 12.4 Å². The molecule has 3 rings (SSSR count). The van der Waals surface area contributed by atoms with Crippen LogP contribution in [0.15, 0.2) is 45.8 Å². The van der Waals surface area contributed by atoms with Crippen molar-refractivity contribution in [3.05, 3.63) is 41.5 Å². The van der Waals surface area contributed by atoms with Crippen LogP contribution in [0.2, 0.25) is 0 Å². The first kappa shape index (κ1) is 17.6. The van der Waals surface area contributed by atoms with E-state index in [0.29, 0.717) is 0 Å². The molecule has 0 N–H and O–H groups in total. The van der Waals surface area contributed by atoms with Gasteiger partial charge in [0.25, 0.3) is 0 Å². The Bertz CT molecular complexity index is 573. The zero-order valence-corrected chi connectivity index (χ0v) is 15.2. The second-order valence-electron chi connectivity index (χ2n) is 6.15. The fraction of sp³-hybridized carbons (Fsp3) is 0.526. The molecule has 0 unspecified atom stereocenters. The summed E-state index contributed by atoms with van der Waals surface area (Å²) in [5.74, 6) is 1.10. The van der Waals surface area contributed by atoms with Crippen molar-refractivity contribution in [2.24, 2.45) is 4.99 Å². The maximum atomic E-state index is 5.34. The van der Waals surface area contributed by atoms with Gasteiger partial charge in [-0.2, -0.15) is 0 Å². The average Bonchev–Trinajstić information content (AvgIpc) is 2.74. The summed E-state index contributed by atoms with van der Waals surface area (Å²) in [5.41, 5.74) is 4.25. The molecular formula is C19H26ClNS. The van der Waals surface area contributed by atoms with Crippen molar-refractivity contribution in [3.8, 4) is 0 Å². The molecule has 0 amide bonds. The van der Waals surface area contributed by atoms with E-state index in [1.807, 2.05) is 11.8 Å². The van der Waals surface area contributed by atoms with Crippen molar-refractivity contribution < 1.29 is 0 Å². The average molecular weight is 336 g/mol. The van der Waals surface area contributed by atoms with Gasteiger partial charge in [-0.25, -0.2) is 0 Å². The molecule has 0 saturated carbocycles. The summed E-state index contributed by atoms with van der Waals surface area (Å²) in [5, 5.41) is 0. The molecule has 0 spiro atoms. The minimum Gasteiger partial charge on any atom is -0.277 e. The maximum absolute atomic E-state index is 5.34. The summed E-state index contributed by atoms with van der Waals surface area (Å²) < 4.78 is 0. The number of hydrogen-bond donors (Lipinski definition) is 0. The molecular weight excluding hydrogens is 310 g/mol. The van der Waals surface area contributed by atoms with Crippen molar-refractivity contribution in [1.82, 2.24) is 0 Å². The molecule has 1 aromatic rings. The van der Waals surface area contributed by atoms with E-state index >= 15 is 0 Å². The van der Waals surface area contributed by atoms with Crippen LogP contribution in [0.3, 0.4) is 0 Å². The van der Waals surface area contributed by atoms with E-state index in [1.165, 1.54) is 47.4 Å². The van der Waals surface area contributed by atoms with Crippen LogP contribution in [-0.2, 0) is 0 Å². The highest BCUT2D eigenvalue weighted by molar-refractivity contribution is 7.99. The molecule has 0 aromatic heterocycles. The highest BCUT2D eigenvalue weighted by Crippen LogP contribution is 2.38. The van der Waals surface area contributed by atoms with Gasteiger partial charge >= 0.3 is 0 Å². The summed E-state index contributed by atoms with van der Waals surface area (Å²) >= 11 is 1.99. The van der Waals surface area contributed by atoms with E-state index in [4.69, 9.17) is 4.99 Å². The van der Waals surface area contributed by atoms with E-state index in [2.05, 4.69) is 44.2 Å². The lowest BCUT2D eigenvalue weighted by Crippen LogP contribution is -2.29. The van der Waals surface area contributed by atoms with Crippen LogP contribution in [-0.4, -0.2) is 17.0 Å². The SMILES string of the molecule is CCC1(CC)CSc2ccccc2C(C2=CCCCC2)=N1.Cl. The van der Waals surface area contributed by atoms with Crippen LogP contribution in [0, 0.1) is 0 Å². The van der Waals surface area contributed by atoms with Gasteiger partial charge in [0, 0.05) is 16.2 Å². The minimum absolute atomic E-state index is 0. The highest BCUT2D eigenvalue weighted by Gasteiger charge is 2.31. The van der Waals surface area contributed by atoms with E-state index < -0.39 is 0 Å². The molecule has 120 valence electrons. The predicted molar refractivity (Wildman–Crippen MR) is 101 cm³/mol. The predicted octanol–water partition coefficient (Wildman–Crippen LogP) is 6.06. The fourth-order valence-corrected chi connectivity index (χ4v) is 4.63. The van der Waals surface area contributed by atoms with Gasteiger partial charge in [-0.1, -0.05) is 38.1 Å². The first-order valence-electron chi connectivity index (χ1n) is 8.29. The van der Waals surface area contributed by atoms with Crippen LogP contribution in [0.25, 0.3) is 0 Å². The maximum Gasteiger partial charge on any atom is 0.0704 e. The van der Waals surface area contributed by atoms with Crippen LogP contribution in [0.5, 0.6) is 0 Å². The van der Waals surface area contributed by atoms with Crippen molar-refractivity contribution in [2.75, 3.05) is 5.75 Å². The Labute approximate surface area is 145 Å². The number of hydrogen-bond acceptors (Lipinski definition) is 2. The Kier molecular flexibility index (Phi) is 6.17. The number of allylic oxidation sites excluding steroid dienone is 2. The van der Waals surface area contributed by atoms with Crippen LogP contribution >= 0.6 is 24.2 Å². The standard InChI is InChI=1S/C19H25NS.ClH/c1-3-19(4-2)14-21-17-13-9-8-12-16(17)18(20-19)15-10-6-5-7-11-15;/h8-10,12-13H,3-7,11,14H2,1-2H3;1H. The lowest BCUT2D eigenvalue weighted by molar-refractivity contribution is 0.451. The molecule has 1 aliphatic heterocycles. The summed E-state index contributed by atoms with van der Waals surface area (Å²) in [4.78, 5) is 6.75. The number of benzene rings is 1. The summed E-state index contributed by atoms with van der Waals surface area (Å²) in [7, 11) is 0. The molecule has 1 heterocycles. The second kappa shape index (κ2) is 7.70. The van der Waals surface area contributed by atoms with Crippen molar-refractivity contribution in [2.45, 2.75) is 62.8 Å². The Morgan fingerprint density at radius 1 is 1.14 bits per heavy atom. The summed E-state index contributed by atoms with van der Waals surface area (Å²) in [6.45, 7) is 4.58. The molecule has 1 nitrogen and oxygen atoms in total. The molecule has 1 aliphatic carbocycles. The van der Waals surface area contributed by atoms with Crippen LogP contribution in [0.4, 0.5) is 0 Å². The molecule has 0 fully saturated rings. The fourth-order valence-electron chi connectivity index (χ4n) is 3.24. The molecule has 22 heavy (non-hydrogen) atoms. The van der Waals surface area contributed by atoms with Gasteiger partial charge in [-0.05, 0) is 50.2 Å². The molecule has 0 radical (unpaired) electrons. The van der Waals surface area contributed by atoms with E-state index in [1.54, 1.807) is 0 Å². The Hall–Kier alpha value is -0.730. The van der Waals surface area contributed by atoms with Gasteiger partial charge < -0.3 is 0 Å². The molecule has 2 aliphatic rings. The quantitative estimate of drug-likeness (QED) is 0.653. The third-order valence-electron chi connectivity index (χ3n) is 4.90. The third-order valence-corrected chi connectivity index (χ3v) is 6.25. The van der Waals surface area contributed by atoms with Crippen LogP contribution < -0.4 is 0 Å². The number of nitrogens with zero attached hydrogens (tertiary/aromatic N) is 1. The zero-order chi connectivity index (χ0) is 14.7. The zero-order valence-electron chi connectivity index (χ0n) is 13.6. The number of aliphatic imine (C=N–C) groups is 1. The number of halogens is 1. The highest BCUT2D eigenvalue weighted by atomic mass is 35.5. The monoisotopic (exact) mass is 335 g/mol. The van der Waals surface area contributed by atoms with Gasteiger partial charge in [0.05, 0.1) is 11.3 Å². The van der Waals surface area contributed by atoms with E-state index in [-0.39, 0.29) is 17.9 Å². The molecule has 1 aromatic carbocycles. The number of thioether (sulfide) groups is 1. The molecule has 0 saturated heterocycles. The Morgan fingerprint density at radius 3 is 2.59 bits per heavy atom. The molecule has 3 heteroatoms. The molecule has 0 bridgehead atoms. The van der Waals surface area contributed by atoms with Crippen molar-refractivity contribution in [1.29, 1.82) is 0 Å². The second-order valence-corrected chi connectivity index (χ2v) is 7.17. The molecule has 0 atom stereocenters. The van der Waals surface area contributed by atoms with Crippen LogP contribution in [0.1, 0.15) is 57.9 Å². The first-order chi connectivity index (χ1) is 10.3. The van der Waals surface area contributed by atoms with E-state index in [9.17, 15) is 0 Å². The normalized spacial score (nSPS) is 20.1. The number of fused-ring (bicyclic) bond motifs is 1. The third kappa shape index (κ3) is 3.44. The lowest BCUT2D eigenvalue weighted by atomic mass is 9.90. The van der Waals surface area contributed by atoms with Gasteiger partial charge in [0.1, 0.15) is 0 Å². The lowest BCUT2D eigenvalue weighted by Gasteiger charge is -2.27. The van der Waals surface area contributed by atoms with Gasteiger partial charge in [-0.3, -0.25) is 4.99 Å². The van der Waals surface area contributed by atoms with Crippen molar-refractivity contribution >= 4 is 29.9 Å². The Balaban J connectivity index is 0.00000176. The first-order valence-corrected chi connectivity index (χ1v) is 9.28. The van der Waals surface area contributed by atoms with E-state index in [0.717, 1.165) is 18.6 Å². The summed E-state index contributed by atoms with van der Waals surface area (Å²) in [6.07, 6.45) is 9.75. The van der Waals surface area contributed by atoms with Gasteiger partial charge in [0.15, 0.2) is 0 Å². The largest absolute Gasteiger partial charge is 0.277 e. The van der Waals surface area contributed by atoms with Gasteiger partial charge in [-0.15, -0.1) is 24.2 Å². The number of rotatable bonds is 3. The Morgan fingerprint density at radius 2 is 1.91 bits per heavy atom. The summed E-state index contributed by atoms with van der Waals surface area (Å²) in [6, 6.07) is 8.84. The van der Waals surface area contributed by atoms with Gasteiger partial charge in [0.2, 0.25) is 0 Å².